The summed E-state index contributed by atoms with van der Waals surface area (Å²) < 4.78 is 28.7. The van der Waals surface area contributed by atoms with Crippen LogP contribution in [0, 0.1) is 11.6 Å². The second kappa shape index (κ2) is 6.60. The van der Waals surface area contributed by atoms with Crippen molar-refractivity contribution in [1.29, 1.82) is 0 Å². The molecule has 0 aromatic heterocycles. The molecule has 4 N–H and O–H groups in total. The SMILES string of the molecule is Cl.Oc1ccc(C2CNCCc3c(F)c(O)c(O)c(F)c32)cc1. The van der Waals surface area contributed by atoms with Crippen LogP contribution in [0.4, 0.5) is 8.78 Å². The van der Waals surface area contributed by atoms with Crippen molar-refractivity contribution in [3.8, 4) is 17.2 Å². The smallest absolute Gasteiger partial charge is 0.197 e. The first kappa shape index (κ1) is 17.3. The Morgan fingerprint density at radius 2 is 1.57 bits per heavy atom. The average Bonchev–Trinajstić information content (AvgIpc) is 2.74. The third-order valence-corrected chi connectivity index (χ3v) is 4.01. The summed E-state index contributed by atoms with van der Waals surface area (Å²) in [7, 11) is 0. The molecule has 0 bridgehead atoms. The van der Waals surface area contributed by atoms with Gasteiger partial charge in [0.1, 0.15) is 5.75 Å². The summed E-state index contributed by atoms with van der Waals surface area (Å²) in [5.41, 5.74) is 0.788. The van der Waals surface area contributed by atoms with Crippen molar-refractivity contribution in [3.63, 3.8) is 0 Å². The second-order valence-corrected chi connectivity index (χ2v) is 5.32. The molecule has 1 aliphatic heterocycles. The standard InChI is InChI=1S/C16H15F2NO3.ClH/c17-13-10-5-6-19-7-11(8-1-3-9(20)4-2-8)12(10)14(18)16(22)15(13)21;/h1-4,11,19-22H,5-7H2;1H. The molecule has 23 heavy (non-hydrogen) atoms. The lowest BCUT2D eigenvalue weighted by molar-refractivity contribution is 0.353. The van der Waals surface area contributed by atoms with Gasteiger partial charge in [0.15, 0.2) is 23.1 Å². The van der Waals surface area contributed by atoms with Crippen molar-refractivity contribution in [1.82, 2.24) is 5.32 Å². The van der Waals surface area contributed by atoms with Crippen LogP contribution in [0.5, 0.6) is 17.2 Å². The first-order valence-corrected chi connectivity index (χ1v) is 6.92. The molecule has 1 aliphatic rings. The maximum absolute atomic E-state index is 14.5. The summed E-state index contributed by atoms with van der Waals surface area (Å²) in [5, 5.41) is 31.6. The van der Waals surface area contributed by atoms with Crippen LogP contribution in [0.1, 0.15) is 22.6 Å². The molecule has 2 aromatic rings. The van der Waals surface area contributed by atoms with Crippen LogP contribution in [0.25, 0.3) is 0 Å². The van der Waals surface area contributed by atoms with Gasteiger partial charge >= 0.3 is 0 Å². The molecule has 1 unspecified atom stereocenters. The van der Waals surface area contributed by atoms with Gasteiger partial charge in [-0.2, -0.15) is 0 Å². The number of phenolic OH excluding ortho intramolecular Hbond substituents is 3. The fourth-order valence-corrected chi connectivity index (χ4v) is 2.89. The monoisotopic (exact) mass is 343 g/mol. The molecule has 0 aliphatic carbocycles. The molecule has 1 heterocycles. The zero-order chi connectivity index (χ0) is 15.9. The molecule has 0 radical (unpaired) electrons. The Kier molecular flexibility index (Phi) is 4.97. The molecular weight excluding hydrogens is 328 g/mol. The molecule has 0 amide bonds. The quantitative estimate of drug-likeness (QED) is 0.601. The van der Waals surface area contributed by atoms with Crippen molar-refractivity contribution in [2.24, 2.45) is 0 Å². The first-order valence-electron chi connectivity index (χ1n) is 6.92. The van der Waals surface area contributed by atoms with Crippen molar-refractivity contribution in [2.75, 3.05) is 13.1 Å². The average molecular weight is 344 g/mol. The Hall–Kier alpha value is -2.05. The number of nitrogens with one attached hydrogen (secondary N) is 1. The minimum absolute atomic E-state index is 0. The van der Waals surface area contributed by atoms with Gasteiger partial charge in [0.2, 0.25) is 0 Å². The number of hydrogen-bond acceptors (Lipinski definition) is 4. The van der Waals surface area contributed by atoms with Gasteiger partial charge in [0, 0.05) is 23.6 Å². The van der Waals surface area contributed by atoms with Gasteiger partial charge < -0.3 is 20.6 Å². The van der Waals surface area contributed by atoms with Crippen molar-refractivity contribution in [2.45, 2.75) is 12.3 Å². The number of aromatic hydroxyl groups is 3. The summed E-state index contributed by atoms with van der Waals surface area (Å²) in [4.78, 5) is 0. The van der Waals surface area contributed by atoms with Gasteiger partial charge in [-0.1, -0.05) is 12.1 Å². The maximum Gasteiger partial charge on any atom is 0.197 e. The van der Waals surface area contributed by atoms with Gasteiger partial charge in [-0.25, -0.2) is 8.78 Å². The molecule has 2 aromatic carbocycles. The Morgan fingerprint density at radius 1 is 0.957 bits per heavy atom. The summed E-state index contributed by atoms with van der Waals surface area (Å²) in [6.07, 6.45) is 0.209. The highest BCUT2D eigenvalue weighted by Gasteiger charge is 2.31. The number of rotatable bonds is 1. The van der Waals surface area contributed by atoms with Gasteiger partial charge in [0.25, 0.3) is 0 Å². The Balaban J connectivity index is 0.00000192. The highest BCUT2D eigenvalue weighted by atomic mass is 35.5. The molecule has 3 rings (SSSR count). The number of fused-ring (bicyclic) bond motifs is 1. The lowest BCUT2D eigenvalue weighted by atomic mass is 9.87. The van der Waals surface area contributed by atoms with E-state index in [1.165, 1.54) is 12.1 Å². The van der Waals surface area contributed by atoms with E-state index in [0.29, 0.717) is 18.7 Å². The predicted molar refractivity (Wildman–Crippen MR) is 83.5 cm³/mol. The third-order valence-electron chi connectivity index (χ3n) is 4.01. The molecular formula is C16H16ClF2NO3. The lowest BCUT2D eigenvalue weighted by Crippen LogP contribution is -2.21. The molecule has 124 valence electrons. The maximum atomic E-state index is 14.5. The minimum atomic E-state index is -1.07. The fourth-order valence-electron chi connectivity index (χ4n) is 2.89. The number of phenols is 3. The van der Waals surface area contributed by atoms with E-state index < -0.39 is 29.1 Å². The van der Waals surface area contributed by atoms with Gasteiger partial charge in [0.05, 0.1) is 0 Å². The van der Waals surface area contributed by atoms with Gasteiger partial charge in [-0.3, -0.25) is 0 Å². The molecule has 0 spiro atoms. The molecule has 0 saturated heterocycles. The van der Waals surface area contributed by atoms with E-state index >= 15 is 0 Å². The van der Waals surface area contributed by atoms with E-state index in [9.17, 15) is 24.1 Å². The molecule has 7 heteroatoms. The van der Waals surface area contributed by atoms with Gasteiger partial charge in [-0.05, 0) is 30.7 Å². The zero-order valence-electron chi connectivity index (χ0n) is 12.0. The van der Waals surface area contributed by atoms with E-state index in [0.717, 1.165) is 0 Å². The number of halogens is 3. The third kappa shape index (κ3) is 2.92. The highest BCUT2D eigenvalue weighted by molar-refractivity contribution is 5.85. The van der Waals surface area contributed by atoms with E-state index in [1.54, 1.807) is 12.1 Å². The van der Waals surface area contributed by atoms with Crippen LogP contribution in [0.15, 0.2) is 24.3 Å². The molecule has 0 saturated carbocycles. The van der Waals surface area contributed by atoms with Crippen LogP contribution in [-0.4, -0.2) is 28.4 Å². The van der Waals surface area contributed by atoms with Crippen molar-refractivity contribution >= 4 is 12.4 Å². The summed E-state index contributed by atoms with van der Waals surface area (Å²) >= 11 is 0. The molecule has 4 nitrogen and oxygen atoms in total. The second-order valence-electron chi connectivity index (χ2n) is 5.32. The minimum Gasteiger partial charge on any atom is -0.508 e. The van der Waals surface area contributed by atoms with Crippen LogP contribution >= 0.6 is 12.4 Å². The Bertz CT molecular complexity index is 723. The topological polar surface area (TPSA) is 72.7 Å². The summed E-state index contributed by atoms with van der Waals surface area (Å²) in [6.45, 7) is 0.792. The van der Waals surface area contributed by atoms with E-state index in [4.69, 9.17) is 0 Å². The Morgan fingerprint density at radius 3 is 2.22 bits per heavy atom. The summed E-state index contributed by atoms with van der Waals surface area (Å²) in [6, 6.07) is 6.18. The zero-order valence-corrected chi connectivity index (χ0v) is 12.8. The number of benzene rings is 2. The van der Waals surface area contributed by atoms with Gasteiger partial charge in [-0.15, -0.1) is 12.4 Å². The van der Waals surface area contributed by atoms with Crippen LogP contribution in [0.3, 0.4) is 0 Å². The van der Waals surface area contributed by atoms with Crippen LogP contribution < -0.4 is 5.32 Å². The first-order chi connectivity index (χ1) is 10.5. The predicted octanol–water partition coefficient (Wildman–Crippen LogP) is 2.78. The van der Waals surface area contributed by atoms with Crippen molar-refractivity contribution < 1.29 is 24.1 Å². The molecule has 1 atom stereocenters. The lowest BCUT2D eigenvalue weighted by Gasteiger charge is -2.20. The normalized spacial score (nSPS) is 17.0. The Labute approximate surface area is 137 Å². The number of hydrogen-bond donors (Lipinski definition) is 4. The van der Waals surface area contributed by atoms with Crippen LogP contribution in [-0.2, 0) is 6.42 Å². The van der Waals surface area contributed by atoms with Crippen LogP contribution in [0.2, 0.25) is 0 Å². The van der Waals surface area contributed by atoms with E-state index in [-0.39, 0.29) is 35.7 Å². The van der Waals surface area contributed by atoms with E-state index in [1.807, 2.05) is 0 Å². The molecule has 0 fully saturated rings. The largest absolute Gasteiger partial charge is 0.508 e. The van der Waals surface area contributed by atoms with E-state index in [2.05, 4.69) is 5.32 Å². The fraction of sp³-hybridized carbons (Fsp3) is 0.250. The summed E-state index contributed by atoms with van der Waals surface area (Å²) in [5.74, 6) is -4.56. The van der Waals surface area contributed by atoms with Crippen molar-refractivity contribution in [3.05, 3.63) is 52.6 Å². The highest BCUT2D eigenvalue weighted by Crippen LogP contribution is 2.42.